The maximum Gasteiger partial charge on any atom is 0.220 e. The molecule has 1 aromatic heterocycles. The molecule has 0 saturated heterocycles. The summed E-state index contributed by atoms with van der Waals surface area (Å²) >= 11 is 12.0. The minimum absolute atomic E-state index is 0.0303. The maximum atomic E-state index is 12.1. The number of halogens is 2. The van der Waals surface area contributed by atoms with E-state index >= 15 is 0 Å². The molecule has 0 bridgehead atoms. The highest BCUT2D eigenvalue weighted by atomic mass is 35.5. The summed E-state index contributed by atoms with van der Waals surface area (Å²) in [6.07, 6.45) is 4.82. The number of amides is 1. The fourth-order valence-corrected chi connectivity index (χ4v) is 3.52. The second-order valence-corrected chi connectivity index (χ2v) is 7.55. The molecule has 0 aliphatic carbocycles. The van der Waals surface area contributed by atoms with Gasteiger partial charge in [-0.1, -0.05) is 47.5 Å². The van der Waals surface area contributed by atoms with Crippen molar-refractivity contribution in [3.63, 3.8) is 0 Å². The van der Waals surface area contributed by atoms with Crippen LogP contribution in [-0.2, 0) is 17.6 Å². The molecule has 28 heavy (non-hydrogen) atoms. The third kappa shape index (κ3) is 5.60. The van der Waals surface area contributed by atoms with Gasteiger partial charge in [-0.05, 0) is 61.6 Å². The molecule has 0 saturated carbocycles. The number of rotatable bonds is 8. The van der Waals surface area contributed by atoms with Gasteiger partial charge in [0.05, 0.1) is 11.4 Å². The number of benzene rings is 2. The average molecular weight is 416 g/mol. The molecule has 146 valence electrons. The van der Waals surface area contributed by atoms with E-state index in [-0.39, 0.29) is 5.91 Å². The predicted octanol–water partition coefficient (Wildman–Crippen LogP) is 5.17. The van der Waals surface area contributed by atoms with E-state index in [1.165, 1.54) is 5.56 Å². The Balaban J connectivity index is 1.42. The molecular formula is C22H23Cl2N3O. The molecule has 0 aliphatic rings. The summed E-state index contributed by atoms with van der Waals surface area (Å²) in [6.45, 7) is 2.66. The molecule has 1 N–H and O–H groups in total. The van der Waals surface area contributed by atoms with Gasteiger partial charge in [0, 0.05) is 29.2 Å². The van der Waals surface area contributed by atoms with Gasteiger partial charge in [0.1, 0.15) is 0 Å². The molecule has 4 nitrogen and oxygen atoms in total. The molecule has 0 unspecified atom stereocenters. The summed E-state index contributed by atoms with van der Waals surface area (Å²) in [5.74, 6) is 0.0303. The first-order valence-corrected chi connectivity index (χ1v) is 10.1. The van der Waals surface area contributed by atoms with Crippen LogP contribution in [0.4, 0.5) is 0 Å². The first-order chi connectivity index (χ1) is 13.5. The topological polar surface area (TPSA) is 46.9 Å². The van der Waals surface area contributed by atoms with Crippen LogP contribution in [0.25, 0.3) is 5.69 Å². The number of nitrogens with one attached hydrogen (secondary N) is 1. The van der Waals surface area contributed by atoms with Gasteiger partial charge in [-0.15, -0.1) is 0 Å². The molecule has 1 amide bonds. The lowest BCUT2D eigenvalue weighted by Gasteiger charge is -2.07. The third-order valence-corrected chi connectivity index (χ3v) is 5.19. The summed E-state index contributed by atoms with van der Waals surface area (Å²) in [5, 5.41) is 8.76. The fraction of sp³-hybridized carbons (Fsp3) is 0.273. The van der Waals surface area contributed by atoms with Crippen LogP contribution >= 0.6 is 23.2 Å². The Kier molecular flexibility index (Phi) is 7.12. The van der Waals surface area contributed by atoms with Crippen molar-refractivity contribution in [2.45, 2.75) is 32.6 Å². The van der Waals surface area contributed by atoms with E-state index in [0.29, 0.717) is 29.4 Å². The minimum Gasteiger partial charge on any atom is -0.356 e. The molecule has 0 fully saturated rings. The highest BCUT2D eigenvalue weighted by Gasteiger charge is 2.08. The van der Waals surface area contributed by atoms with Crippen LogP contribution in [0.5, 0.6) is 0 Å². The monoisotopic (exact) mass is 415 g/mol. The molecule has 0 radical (unpaired) electrons. The van der Waals surface area contributed by atoms with E-state index in [9.17, 15) is 4.79 Å². The van der Waals surface area contributed by atoms with Crippen molar-refractivity contribution in [2.75, 3.05) is 6.54 Å². The molecule has 0 aliphatic heterocycles. The van der Waals surface area contributed by atoms with Crippen LogP contribution in [0.3, 0.4) is 0 Å². The van der Waals surface area contributed by atoms with Crippen LogP contribution in [0, 0.1) is 6.92 Å². The van der Waals surface area contributed by atoms with Gasteiger partial charge in [0.2, 0.25) is 5.91 Å². The van der Waals surface area contributed by atoms with Gasteiger partial charge < -0.3 is 5.32 Å². The van der Waals surface area contributed by atoms with Crippen molar-refractivity contribution in [2.24, 2.45) is 0 Å². The number of hydrogen-bond donors (Lipinski definition) is 1. The van der Waals surface area contributed by atoms with E-state index in [2.05, 4.69) is 16.6 Å². The molecule has 0 atom stereocenters. The van der Waals surface area contributed by atoms with Crippen molar-refractivity contribution in [1.29, 1.82) is 0 Å². The summed E-state index contributed by atoms with van der Waals surface area (Å²) in [4.78, 5) is 12.1. The normalized spacial score (nSPS) is 10.8. The second kappa shape index (κ2) is 9.76. The van der Waals surface area contributed by atoms with Crippen LogP contribution in [-0.4, -0.2) is 22.2 Å². The van der Waals surface area contributed by atoms with Crippen molar-refractivity contribution < 1.29 is 4.79 Å². The standard InChI is InChI=1S/C22H23Cl2N3O/c1-16-18(15-27(26-16)20-7-3-2-4-8-20)6-5-13-25-22(28)12-10-17-9-11-19(23)14-21(17)24/h2-4,7-9,11,14-15H,5-6,10,12-13H2,1H3,(H,25,28). The smallest absolute Gasteiger partial charge is 0.220 e. The van der Waals surface area contributed by atoms with Gasteiger partial charge >= 0.3 is 0 Å². The van der Waals surface area contributed by atoms with E-state index in [0.717, 1.165) is 29.8 Å². The lowest BCUT2D eigenvalue weighted by Crippen LogP contribution is -2.25. The highest BCUT2D eigenvalue weighted by Crippen LogP contribution is 2.22. The van der Waals surface area contributed by atoms with Gasteiger partial charge in [-0.25, -0.2) is 4.68 Å². The second-order valence-electron chi connectivity index (χ2n) is 6.71. The third-order valence-electron chi connectivity index (χ3n) is 4.60. The Morgan fingerprint density at radius 3 is 2.61 bits per heavy atom. The number of aromatic nitrogens is 2. The van der Waals surface area contributed by atoms with E-state index in [1.807, 2.05) is 48.0 Å². The number of para-hydroxylation sites is 1. The number of carbonyl (C=O) groups excluding carboxylic acids is 1. The summed E-state index contributed by atoms with van der Waals surface area (Å²) < 4.78 is 1.90. The Morgan fingerprint density at radius 2 is 1.86 bits per heavy atom. The van der Waals surface area contributed by atoms with E-state index in [4.69, 9.17) is 23.2 Å². The van der Waals surface area contributed by atoms with Crippen molar-refractivity contribution in [1.82, 2.24) is 15.1 Å². The molecule has 0 spiro atoms. The fourth-order valence-electron chi connectivity index (χ4n) is 3.02. The summed E-state index contributed by atoms with van der Waals surface area (Å²) in [5.41, 5.74) is 4.20. The van der Waals surface area contributed by atoms with Crippen molar-refractivity contribution in [3.8, 4) is 5.69 Å². The van der Waals surface area contributed by atoms with Gasteiger partial charge in [-0.3, -0.25) is 4.79 Å². The summed E-state index contributed by atoms with van der Waals surface area (Å²) in [6, 6.07) is 15.4. The first-order valence-electron chi connectivity index (χ1n) is 9.34. The zero-order valence-electron chi connectivity index (χ0n) is 15.8. The van der Waals surface area contributed by atoms with Crippen LogP contribution in [0.15, 0.2) is 54.7 Å². The Bertz CT molecular complexity index is 938. The quantitative estimate of drug-likeness (QED) is 0.515. The summed E-state index contributed by atoms with van der Waals surface area (Å²) in [7, 11) is 0. The lowest BCUT2D eigenvalue weighted by molar-refractivity contribution is -0.121. The number of aryl methyl sites for hydroxylation is 3. The van der Waals surface area contributed by atoms with Crippen molar-refractivity contribution >= 4 is 29.1 Å². The Labute approximate surface area is 175 Å². The van der Waals surface area contributed by atoms with Crippen LogP contribution < -0.4 is 5.32 Å². The maximum absolute atomic E-state index is 12.1. The predicted molar refractivity (Wildman–Crippen MR) is 114 cm³/mol. The number of nitrogens with zero attached hydrogens (tertiary/aromatic N) is 2. The highest BCUT2D eigenvalue weighted by molar-refractivity contribution is 6.35. The number of hydrogen-bond acceptors (Lipinski definition) is 2. The number of carbonyl (C=O) groups is 1. The van der Waals surface area contributed by atoms with Crippen molar-refractivity contribution in [3.05, 3.63) is 81.6 Å². The SMILES string of the molecule is Cc1nn(-c2ccccc2)cc1CCCNC(=O)CCc1ccc(Cl)cc1Cl. The van der Waals surface area contributed by atoms with E-state index in [1.54, 1.807) is 12.1 Å². The average Bonchev–Trinajstić information content (AvgIpc) is 3.06. The van der Waals surface area contributed by atoms with Crippen LogP contribution in [0.2, 0.25) is 10.0 Å². The van der Waals surface area contributed by atoms with Crippen LogP contribution in [0.1, 0.15) is 29.7 Å². The molecule has 3 rings (SSSR count). The Morgan fingerprint density at radius 1 is 1.07 bits per heavy atom. The van der Waals surface area contributed by atoms with Gasteiger partial charge in [0.15, 0.2) is 0 Å². The van der Waals surface area contributed by atoms with Gasteiger partial charge in [-0.2, -0.15) is 5.10 Å². The molecule has 3 aromatic rings. The Hall–Kier alpha value is -2.30. The zero-order chi connectivity index (χ0) is 19.9. The molecule has 6 heteroatoms. The lowest BCUT2D eigenvalue weighted by atomic mass is 10.1. The largest absolute Gasteiger partial charge is 0.356 e. The zero-order valence-corrected chi connectivity index (χ0v) is 17.3. The minimum atomic E-state index is 0.0303. The first kappa shape index (κ1) is 20.4. The van der Waals surface area contributed by atoms with E-state index < -0.39 is 0 Å². The molecule has 2 aromatic carbocycles. The van der Waals surface area contributed by atoms with Gasteiger partial charge in [0.25, 0.3) is 0 Å². The molecular weight excluding hydrogens is 393 g/mol. The molecule has 1 heterocycles.